The molecule has 106 valence electrons. The minimum Gasteiger partial charge on any atom is -0.255 e. The molecule has 0 N–H and O–H groups in total. The number of allylic oxidation sites excluding steroid dienone is 1. The SMILES string of the molecule is CCCC/C=C(/S(=O)Cc1ccccc1)[Si](C)(C)C. The standard InChI is InChI=1S/C16H26OSSi/c1-5-6-8-13-16(19(2,3)4)18(17)14-15-11-9-7-10-12-15/h7,9-13H,5-6,8,14H2,1-4H3/b16-13-. The van der Waals surface area contributed by atoms with Gasteiger partial charge in [0, 0.05) is 10.8 Å². The summed E-state index contributed by atoms with van der Waals surface area (Å²) in [4.78, 5) is 0. The van der Waals surface area contributed by atoms with E-state index in [0.717, 1.165) is 6.42 Å². The Morgan fingerprint density at radius 3 is 2.37 bits per heavy atom. The fourth-order valence-corrected chi connectivity index (χ4v) is 6.64. The van der Waals surface area contributed by atoms with Crippen LogP contribution in [0, 0.1) is 0 Å². The van der Waals surface area contributed by atoms with Crippen molar-refractivity contribution in [2.75, 3.05) is 0 Å². The summed E-state index contributed by atoms with van der Waals surface area (Å²) >= 11 is 0. The van der Waals surface area contributed by atoms with E-state index < -0.39 is 18.9 Å². The molecular formula is C16H26OSSi. The summed E-state index contributed by atoms with van der Waals surface area (Å²) in [6.45, 7) is 9.05. The maximum Gasteiger partial charge on any atom is 0.0886 e. The Balaban J connectivity index is 2.81. The fourth-order valence-electron chi connectivity index (χ4n) is 1.98. The molecule has 1 nitrogen and oxygen atoms in total. The smallest absolute Gasteiger partial charge is 0.0886 e. The summed E-state index contributed by atoms with van der Waals surface area (Å²) in [5.74, 6) is 0.656. The zero-order valence-corrected chi connectivity index (χ0v) is 14.4. The lowest BCUT2D eigenvalue weighted by atomic mass is 10.2. The van der Waals surface area contributed by atoms with Crippen LogP contribution in [-0.2, 0) is 16.6 Å². The minimum absolute atomic E-state index is 0.656. The lowest BCUT2D eigenvalue weighted by molar-refractivity contribution is 0.687. The van der Waals surface area contributed by atoms with Gasteiger partial charge in [-0.15, -0.1) is 0 Å². The van der Waals surface area contributed by atoms with Gasteiger partial charge in [0.1, 0.15) is 0 Å². The van der Waals surface area contributed by atoms with Crippen LogP contribution in [0.25, 0.3) is 0 Å². The highest BCUT2D eigenvalue weighted by Crippen LogP contribution is 2.22. The Labute approximate surface area is 121 Å². The van der Waals surface area contributed by atoms with Crippen molar-refractivity contribution in [3.05, 3.63) is 46.5 Å². The number of benzene rings is 1. The molecule has 0 aromatic heterocycles. The molecular weight excluding hydrogens is 268 g/mol. The number of unbranched alkanes of at least 4 members (excludes halogenated alkanes) is 2. The zero-order valence-electron chi connectivity index (χ0n) is 12.6. The second kappa shape index (κ2) is 7.80. The third-order valence-electron chi connectivity index (χ3n) is 3.01. The van der Waals surface area contributed by atoms with E-state index in [2.05, 4.69) is 44.8 Å². The summed E-state index contributed by atoms with van der Waals surface area (Å²) in [7, 11) is -2.35. The molecule has 1 aromatic carbocycles. The van der Waals surface area contributed by atoms with Crippen molar-refractivity contribution in [3.63, 3.8) is 0 Å². The van der Waals surface area contributed by atoms with Crippen molar-refractivity contribution in [2.24, 2.45) is 0 Å². The van der Waals surface area contributed by atoms with Crippen molar-refractivity contribution in [3.8, 4) is 0 Å². The molecule has 1 atom stereocenters. The molecule has 19 heavy (non-hydrogen) atoms. The van der Waals surface area contributed by atoms with Crippen LogP contribution >= 0.6 is 0 Å². The molecule has 0 radical (unpaired) electrons. The maximum atomic E-state index is 12.6. The lowest BCUT2D eigenvalue weighted by Gasteiger charge is -2.20. The molecule has 0 heterocycles. The van der Waals surface area contributed by atoms with Crippen molar-refractivity contribution in [1.29, 1.82) is 0 Å². The number of hydrogen-bond acceptors (Lipinski definition) is 1. The largest absolute Gasteiger partial charge is 0.255 e. The first-order chi connectivity index (χ1) is 8.95. The Kier molecular flexibility index (Phi) is 6.73. The fraction of sp³-hybridized carbons (Fsp3) is 0.500. The molecule has 0 aliphatic carbocycles. The molecule has 1 unspecified atom stereocenters. The third-order valence-corrected chi connectivity index (χ3v) is 8.47. The van der Waals surface area contributed by atoms with E-state index in [4.69, 9.17) is 0 Å². The van der Waals surface area contributed by atoms with Gasteiger partial charge < -0.3 is 0 Å². The van der Waals surface area contributed by atoms with Crippen LogP contribution in [0.15, 0.2) is 40.9 Å². The van der Waals surface area contributed by atoms with Gasteiger partial charge in [0.05, 0.1) is 13.8 Å². The van der Waals surface area contributed by atoms with Gasteiger partial charge in [0.2, 0.25) is 0 Å². The zero-order chi connectivity index (χ0) is 14.3. The van der Waals surface area contributed by atoms with E-state index in [0.29, 0.717) is 5.75 Å². The molecule has 1 aromatic rings. The minimum atomic E-state index is -1.49. The first kappa shape index (κ1) is 16.4. The van der Waals surface area contributed by atoms with Crippen LogP contribution in [0.3, 0.4) is 0 Å². The second-order valence-electron chi connectivity index (χ2n) is 5.94. The third kappa shape index (κ3) is 5.87. The Hall–Kier alpha value is -0.673. The summed E-state index contributed by atoms with van der Waals surface area (Å²) in [6, 6.07) is 10.2. The van der Waals surface area contributed by atoms with E-state index in [9.17, 15) is 4.21 Å². The molecule has 0 fully saturated rings. The second-order valence-corrected chi connectivity index (χ2v) is 12.8. The van der Waals surface area contributed by atoms with Crippen molar-refractivity contribution in [1.82, 2.24) is 0 Å². The van der Waals surface area contributed by atoms with E-state index in [1.807, 2.05) is 18.2 Å². The first-order valence-electron chi connectivity index (χ1n) is 7.08. The maximum absolute atomic E-state index is 12.6. The van der Waals surface area contributed by atoms with Crippen molar-refractivity contribution >= 4 is 18.9 Å². The Morgan fingerprint density at radius 2 is 1.84 bits per heavy atom. The van der Waals surface area contributed by atoms with Crippen LogP contribution in [0.2, 0.25) is 19.6 Å². The lowest BCUT2D eigenvalue weighted by Crippen LogP contribution is -2.27. The molecule has 0 saturated carbocycles. The monoisotopic (exact) mass is 294 g/mol. The van der Waals surface area contributed by atoms with Gasteiger partial charge >= 0.3 is 0 Å². The highest BCUT2D eigenvalue weighted by Gasteiger charge is 2.24. The van der Waals surface area contributed by atoms with E-state index in [1.54, 1.807) is 0 Å². The number of hydrogen-bond donors (Lipinski definition) is 0. The van der Waals surface area contributed by atoms with Gasteiger partial charge in [-0.25, -0.2) is 0 Å². The molecule has 1 rings (SSSR count). The summed E-state index contributed by atoms with van der Waals surface area (Å²) < 4.78 is 13.9. The Morgan fingerprint density at radius 1 is 1.21 bits per heavy atom. The molecule has 0 aliphatic rings. The van der Waals surface area contributed by atoms with E-state index in [1.165, 1.54) is 22.9 Å². The van der Waals surface area contributed by atoms with Crippen molar-refractivity contribution < 1.29 is 4.21 Å². The van der Waals surface area contributed by atoms with Gasteiger partial charge in [0.25, 0.3) is 0 Å². The van der Waals surface area contributed by atoms with Gasteiger partial charge in [0.15, 0.2) is 0 Å². The van der Waals surface area contributed by atoms with E-state index in [-0.39, 0.29) is 0 Å². The average molecular weight is 295 g/mol. The Bertz CT molecular complexity index is 432. The van der Waals surface area contributed by atoms with Crippen molar-refractivity contribution in [2.45, 2.75) is 51.6 Å². The molecule has 0 amide bonds. The van der Waals surface area contributed by atoms with Crippen LogP contribution in [-0.4, -0.2) is 12.3 Å². The quantitative estimate of drug-likeness (QED) is 0.517. The highest BCUT2D eigenvalue weighted by molar-refractivity contribution is 7.90. The van der Waals surface area contributed by atoms with Gasteiger partial charge in [-0.05, 0) is 16.5 Å². The van der Waals surface area contributed by atoms with Gasteiger partial charge in [-0.3, -0.25) is 4.21 Å². The summed E-state index contributed by atoms with van der Waals surface area (Å²) in [5, 5.41) is 0. The molecule has 0 spiro atoms. The van der Waals surface area contributed by atoms with E-state index >= 15 is 0 Å². The van der Waals surface area contributed by atoms with Crippen LogP contribution < -0.4 is 0 Å². The number of rotatable bonds is 7. The normalized spacial score (nSPS) is 14.4. The molecule has 0 bridgehead atoms. The van der Waals surface area contributed by atoms with Gasteiger partial charge in [-0.1, -0.05) is 75.8 Å². The summed E-state index contributed by atoms with van der Waals surface area (Å²) in [5.41, 5.74) is 1.17. The predicted octanol–water partition coefficient (Wildman–Crippen LogP) is 4.89. The van der Waals surface area contributed by atoms with Crippen LogP contribution in [0.5, 0.6) is 0 Å². The van der Waals surface area contributed by atoms with Crippen LogP contribution in [0.1, 0.15) is 31.7 Å². The molecule has 0 aliphatic heterocycles. The predicted molar refractivity (Wildman–Crippen MR) is 89.2 cm³/mol. The first-order valence-corrected chi connectivity index (χ1v) is 11.9. The topological polar surface area (TPSA) is 17.1 Å². The summed E-state index contributed by atoms with van der Waals surface area (Å²) in [6.07, 6.45) is 5.71. The molecule has 3 heteroatoms. The molecule has 0 saturated heterocycles. The van der Waals surface area contributed by atoms with Crippen LogP contribution in [0.4, 0.5) is 0 Å². The highest BCUT2D eigenvalue weighted by atomic mass is 32.2. The van der Waals surface area contributed by atoms with Gasteiger partial charge in [-0.2, -0.15) is 0 Å². The average Bonchev–Trinajstić information content (AvgIpc) is 2.34.